The number of benzene rings is 7. The summed E-state index contributed by atoms with van der Waals surface area (Å²) < 4.78 is 0. The van der Waals surface area contributed by atoms with Crippen LogP contribution in [0.3, 0.4) is 0 Å². The lowest BCUT2D eigenvalue weighted by Crippen LogP contribution is -2.03. The van der Waals surface area contributed by atoms with E-state index >= 15 is 0 Å². The molecule has 2 aromatic heterocycles. The van der Waals surface area contributed by atoms with E-state index in [4.69, 9.17) is 29.9 Å². The molecule has 0 aliphatic rings. The van der Waals surface area contributed by atoms with E-state index in [2.05, 4.69) is 36.4 Å². The summed E-state index contributed by atoms with van der Waals surface area (Å²) in [5.74, 6) is 3.15. The predicted octanol–water partition coefficient (Wildman–Crippen LogP) is 11.3. The Morgan fingerprint density at radius 3 is 1.04 bits per heavy atom. The molecule has 0 unspecified atom stereocenters. The van der Waals surface area contributed by atoms with Gasteiger partial charge in [0.2, 0.25) is 0 Å². The molecule has 7 aromatic carbocycles. The van der Waals surface area contributed by atoms with E-state index in [1.165, 1.54) is 0 Å². The summed E-state index contributed by atoms with van der Waals surface area (Å²) in [7, 11) is 0. The Balaban J connectivity index is 1.32. The molecule has 0 N–H and O–H groups in total. The highest BCUT2D eigenvalue weighted by atomic mass is 15.0. The highest BCUT2D eigenvalue weighted by Crippen LogP contribution is 2.40. The molecule has 7 heteroatoms. The fourth-order valence-electron chi connectivity index (χ4n) is 6.66. The molecule has 0 radical (unpaired) electrons. The summed E-state index contributed by atoms with van der Waals surface area (Å²) in [5.41, 5.74) is 9.05. The molecule has 0 aliphatic heterocycles. The normalized spacial score (nSPS) is 10.8. The number of hydrogen-bond donors (Lipinski definition) is 0. The largest absolute Gasteiger partial charge is 0.208 e. The molecule has 0 saturated carbocycles. The van der Waals surface area contributed by atoms with E-state index in [9.17, 15) is 5.26 Å². The second-order valence-corrected chi connectivity index (χ2v) is 13.1. The van der Waals surface area contributed by atoms with Gasteiger partial charge in [0.1, 0.15) is 0 Å². The van der Waals surface area contributed by atoms with Crippen molar-refractivity contribution in [2.75, 3.05) is 0 Å². The summed E-state index contributed by atoms with van der Waals surface area (Å²) in [6.07, 6.45) is 0. The van der Waals surface area contributed by atoms with Gasteiger partial charge in [0, 0.05) is 33.4 Å². The van der Waals surface area contributed by atoms with Gasteiger partial charge in [-0.05, 0) is 46.5 Å². The Hall–Kier alpha value is -7.95. The number of rotatable bonds is 8. The van der Waals surface area contributed by atoms with Crippen molar-refractivity contribution in [1.29, 1.82) is 5.26 Å². The van der Waals surface area contributed by atoms with Crippen LogP contribution < -0.4 is 0 Å². The second-order valence-electron chi connectivity index (χ2n) is 13.1. The molecule has 0 saturated heterocycles. The molecule has 0 amide bonds. The molecule has 2 heterocycles. The van der Waals surface area contributed by atoms with Gasteiger partial charge >= 0.3 is 0 Å². The van der Waals surface area contributed by atoms with Gasteiger partial charge in [-0.15, -0.1) is 0 Å². The van der Waals surface area contributed by atoms with E-state index in [0.717, 1.165) is 55.6 Å². The molecule has 56 heavy (non-hydrogen) atoms. The van der Waals surface area contributed by atoms with Crippen LogP contribution in [0.4, 0.5) is 0 Å². The van der Waals surface area contributed by atoms with Crippen LogP contribution in [-0.4, -0.2) is 29.9 Å². The van der Waals surface area contributed by atoms with Crippen molar-refractivity contribution < 1.29 is 0 Å². The van der Waals surface area contributed by atoms with Gasteiger partial charge < -0.3 is 0 Å². The van der Waals surface area contributed by atoms with E-state index in [1.807, 2.05) is 152 Å². The maximum Gasteiger partial charge on any atom is 0.164 e. The quantitative estimate of drug-likeness (QED) is 0.154. The standard InChI is InChI=1S/C49H31N7/c50-32-33-26-28-41(48-53-44(35-18-8-2-9-19-35)51-45(54-48)36-20-10-3-11-21-36)42(30-33)40-29-27-39(34-16-6-1-7-17-34)31-43(40)49-55-46(37-22-12-4-13-23-37)52-47(56-49)38-24-14-5-15-25-38/h1-31H. The van der Waals surface area contributed by atoms with Crippen LogP contribution in [0.1, 0.15) is 5.56 Å². The van der Waals surface area contributed by atoms with E-state index in [0.29, 0.717) is 40.5 Å². The van der Waals surface area contributed by atoms with Gasteiger partial charge in [0.05, 0.1) is 11.6 Å². The lowest BCUT2D eigenvalue weighted by atomic mass is 9.90. The zero-order valence-electron chi connectivity index (χ0n) is 30.0. The Labute approximate surface area is 324 Å². The molecule has 0 bridgehead atoms. The van der Waals surface area contributed by atoms with Crippen LogP contribution in [0, 0.1) is 11.3 Å². The zero-order chi connectivity index (χ0) is 37.7. The molecule has 7 nitrogen and oxygen atoms in total. The van der Waals surface area contributed by atoms with Crippen molar-refractivity contribution in [1.82, 2.24) is 29.9 Å². The first-order valence-electron chi connectivity index (χ1n) is 18.2. The second kappa shape index (κ2) is 15.2. The molecular weight excluding hydrogens is 687 g/mol. The Bertz CT molecular complexity index is 2730. The van der Waals surface area contributed by atoms with Gasteiger partial charge in [-0.25, -0.2) is 29.9 Å². The Morgan fingerprint density at radius 2 is 0.625 bits per heavy atom. The number of hydrogen-bond acceptors (Lipinski definition) is 7. The zero-order valence-corrected chi connectivity index (χ0v) is 30.0. The molecule has 9 rings (SSSR count). The van der Waals surface area contributed by atoms with Crippen LogP contribution in [0.5, 0.6) is 0 Å². The van der Waals surface area contributed by atoms with Crippen molar-refractivity contribution in [3.8, 4) is 96.7 Å². The average molecular weight is 718 g/mol. The third kappa shape index (κ3) is 6.94. The average Bonchev–Trinajstić information content (AvgIpc) is 3.29. The number of aromatic nitrogens is 6. The van der Waals surface area contributed by atoms with E-state index < -0.39 is 0 Å². The minimum Gasteiger partial charge on any atom is -0.208 e. The van der Waals surface area contributed by atoms with Crippen molar-refractivity contribution in [2.45, 2.75) is 0 Å². The Morgan fingerprint density at radius 1 is 0.268 bits per heavy atom. The van der Waals surface area contributed by atoms with Crippen LogP contribution in [0.25, 0.3) is 90.6 Å². The number of nitrogens with zero attached hydrogens (tertiary/aromatic N) is 7. The molecule has 0 spiro atoms. The predicted molar refractivity (Wildman–Crippen MR) is 221 cm³/mol. The lowest BCUT2D eigenvalue weighted by Gasteiger charge is -2.17. The van der Waals surface area contributed by atoms with Gasteiger partial charge in [-0.2, -0.15) is 5.26 Å². The highest BCUT2D eigenvalue weighted by Gasteiger charge is 2.22. The third-order valence-corrected chi connectivity index (χ3v) is 9.45. The van der Waals surface area contributed by atoms with Gasteiger partial charge in [-0.3, -0.25) is 0 Å². The first-order chi connectivity index (χ1) is 27.7. The van der Waals surface area contributed by atoms with Gasteiger partial charge in [0.15, 0.2) is 34.9 Å². The summed E-state index contributed by atoms with van der Waals surface area (Å²) >= 11 is 0. The maximum atomic E-state index is 10.2. The highest BCUT2D eigenvalue weighted by molar-refractivity contribution is 5.92. The van der Waals surface area contributed by atoms with Crippen molar-refractivity contribution in [3.63, 3.8) is 0 Å². The first kappa shape index (κ1) is 33.9. The van der Waals surface area contributed by atoms with Crippen LogP contribution >= 0.6 is 0 Å². The monoisotopic (exact) mass is 717 g/mol. The van der Waals surface area contributed by atoms with Crippen LogP contribution in [-0.2, 0) is 0 Å². The minimum absolute atomic E-state index is 0.473. The fourth-order valence-corrected chi connectivity index (χ4v) is 6.66. The molecule has 9 aromatic rings. The van der Waals surface area contributed by atoms with Crippen LogP contribution in [0.2, 0.25) is 0 Å². The fraction of sp³-hybridized carbons (Fsp3) is 0. The molecule has 0 fully saturated rings. The van der Waals surface area contributed by atoms with Crippen molar-refractivity contribution in [3.05, 3.63) is 194 Å². The molecule has 0 aliphatic carbocycles. The van der Waals surface area contributed by atoms with Gasteiger partial charge in [-0.1, -0.05) is 164 Å². The molecule has 262 valence electrons. The topological polar surface area (TPSA) is 101 Å². The van der Waals surface area contributed by atoms with Crippen LogP contribution in [0.15, 0.2) is 188 Å². The summed E-state index contributed by atoms with van der Waals surface area (Å²) in [5, 5.41) is 10.2. The lowest BCUT2D eigenvalue weighted by molar-refractivity contribution is 1.07. The smallest absolute Gasteiger partial charge is 0.164 e. The summed E-state index contributed by atoms with van der Waals surface area (Å²) in [4.78, 5) is 30.3. The van der Waals surface area contributed by atoms with E-state index in [1.54, 1.807) is 6.07 Å². The summed E-state index contributed by atoms with van der Waals surface area (Å²) in [6, 6.07) is 64.1. The SMILES string of the molecule is N#Cc1ccc(-c2nc(-c3ccccc3)nc(-c3ccccc3)n2)c(-c2ccc(-c3ccccc3)cc2-c2nc(-c3ccccc3)nc(-c3ccccc3)n2)c1. The molecular formula is C49H31N7. The van der Waals surface area contributed by atoms with E-state index in [-0.39, 0.29) is 0 Å². The van der Waals surface area contributed by atoms with Crippen molar-refractivity contribution in [2.24, 2.45) is 0 Å². The minimum atomic E-state index is 0.473. The molecule has 0 atom stereocenters. The Kier molecular flexibility index (Phi) is 9.18. The first-order valence-corrected chi connectivity index (χ1v) is 18.2. The van der Waals surface area contributed by atoms with Crippen molar-refractivity contribution >= 4 is 0 Å². The maximum absolute atomic E-state index is 10.2. The van der Waals surface area contributed by atoms with Gasteiger partial charge in [0.25, 0.3) is 0 Å². The summed E-state index contributed by atoms with van der Waals surface area (Å²) in [6.45, 7) is 0. The third-order valence-electron chi connectivity index (χ3n) is 9.45. The number of nitriles is 1.